The number of nitrogens with one attached hydrogen (secondary N) is 1. The molecule has 1 N–H and O–H groups in total. The molecule has 0 saturated heterocycles. The van der Waals surface area contributed by atoms with E-state index in [2.05, 4.69) is 48.9 Å². The zero-order valence-corrected chi connectivity index (χ0v) is 13.9. The molecule has 1 rings (SSSR count). The molecule has 0 aromatic rings. The van der Waals surface area contributed by atoms with Crippen molar-refractivity contribution >= 4 is 21.8 Å². The van der Waals surface area contributed by atoms with Crippen LogP contribution in [0, 0.1) is 11.3 Å². The molecule has 1 unspecified atom stereocenters. The molecule has 1 atom stereocenters. The number of hydrogen-bond acceptors (Lipinski definition) is 1. The number of carbonyl (C=O) groups is 1. The van der Waals surface area contributed by atoms with E-state index < -0.39 is 0 Å². The third kappa shape index (κ3) is 4.56. The number of alkyl halides is 1. The highest BCUT2D eigenvalue weighted by Gasteiger charge is 2.33. The maximum Gasteiger partial charge on any atom is 0.220 e. The van der Waals surface area contributed by atoms with Gasteiger partial charge in [-0.25, -0.2) is 0 Å². The van der Waals surface area contributed by atoms with Gasteiger partial charge < -0.3 is 5.32 Å². The molecule has 0 bridgehead atoms. The van der Waals surface area contributed by atoms with Gasteiger partial charge in [0, 0.05) is 17.3 Å². The van der Waals surface area contributed by atoms with E-state index in [0.717, 1.165) is 18.2 Å². The van der Waals surface area contributed by atoms with Crippen molar-refractivity contribution in [3.05, 3.63) is 0 Å². The van der Waals surface area contributed by atoms with Crippen molar-refractivity contribution in [2.24, 2.45) is 11.3 Å². The lowest BCUT2D eigenvalue weighted by atomic mass is 9.79. The van der Waals surface area contributed by atoms with Crippen molar-refractivity contribution in [2.75, 3.05) is 5.33 Å². The monoisotopic (exact) mass is 317 g/mol. The summed E-state index contributed by atoms with van der Waals surface area (Å²) in [6, 6.07) is 0. The molecule has 3 heteroatoms. The van der Waals surface area contributed by atoms with Gasteiger partial charge in [0.05, 0.1) is 0 Å². The van der Waals surface area contributed by atoms with Crippen LogP contribution in [0.15, 0.2) is 0 Å². The second kappa shape index (κ2) is 6.40. The molecule has 0 spiro atoms. The molecule has 0 radical (unpaired) electrons. The van der Waals surface area contributed by atoms with Crippen LogP contribution in [0.2, 0.25) is 0 Å². The van der Waals surface area contributed by atoms with E-state index in [4.69, 9.17) is 0 Å². The predicted octanol–water partition coefficient (Wildman–Crippen LogP) is 4.27. The van der Waals surface area contributed by atoms with E-state index in [1.165, 1.54) is 19.3 Å². The van der Waals surface area contributed by atoms with Gasteiger partial charge in [-0.2, -0.15) is 0 Å². The first-order chi connectivity index (χ1) is 8.29. The summed E-state index contributed by atoms with van der Waals surface area (Å²) in [6.07, 6.45) is 6.66. The van der Waals surface area contributed by atoms with E-state index in [0.29, 0.717) is 12.3 Å². The first kappa shape index (κ1) is 16.0. The van der Waals surface area contributed by atoms with Crippen LogP contribution in [0.4, 0.5) is 0 Å². The van der Waals surface area contributed by atoms with Crippen molar-refractivity contribution in [3.8, 4) is 0 Å². The SMILES string of the molecule is CC(CC(=O)NC1(CBr)CCCCC1)C(C)(C)C. The molecule has 1 aliphatic carbocycles. The summed E-state index contributed by atoms with van der Waals surface area (Å²) in [5.41, 5.74) is 0.221. The average Bonchev–Trinajstić information content (AvgIpc) is 2.28. The molecule has 1 aliphatic rings. The molecule has 1 saturated carbocycles. The molecular weight excluding hydrogens is 290 g/mol. The Kier molecular flexibility index (Phi) is 5.69. The van der Waals surface area contributed by atoms with Gasteiger partial charge in [0.15, 0.2) is 0 Å². The van der Waals surface area contributed by atoms with Gasteiger partial charge in [-0.15, -0.1) is 0 Å². The lowest BCUT2D eigenvalue weighted by Gasteiger charge is -2.37. The van der Waals surface area contributed by atoms with Crippen molar-refractivity contribution < 1.29 is 4.79 Å². The Balaban J connectivity index is 2.52. The van der Waals surface area contributed by atoms with Crippen LogP contribution in [-0.4, -0.2) is 16.8 Å². The number of hydrogen-bond donors (Lipinski definition) is 1. The second-order valence-electron chi connectivity index (χ2n) is 6.99. The Bertz CT molecular complexity index is 277. The minimum absolute atomic E-state index is 0.0208. The van der Waals surface area contributed by atoms with Crippen LogP contribution in [0.1, 0.15) is 66.2 Å². The zero-order valence-electron chi connectivity index (χ0n) is 12.3. The molecule has 106 valence electrons. The zero-order chi connectivity index (χ0) is 13.8. The molecule has 1 amide bonds. The van der Waals surface area contributed by atoms with Crippen molar-refractivity contribution in [1.82, 2.24) is 5.32 Å². The van der Waals surface area contributed by atoms with Crippen molar-refractivity contribution in [2.45, 2.75) is 71.8 Å². The summed E-state index contributed by atoms with van der Waals surface area (Å²) < 4.78 is 0. The molecule has 1 fully saturated rings. The number of rotatable bonds is 4. The highest BCUT2D eigenvalue weighted by Crippen LogP contribution is 2.31. The summed E-state index contributed by atoms with van der Waals surface area (Å²) >= 11 is 3.59. The second-order valence-corrected chi connectivity index (χ2v) is 7.55. The molecular formula is C15H28BrNO. The normalized spacial score (nSPS) is 21.4. The Morgan fingerprint density at radius 3 is 2.28 bits per heavy atom. The fourth-order valence-corrected chi connectivity index (χ4v) is 3.15. The van der Waals surface area contributed by atoms with Crippen LogP contribution in [-0.2, 0) is 4.79 Å². The smallest absolute Gasteiger partial charge is 0.220 e. The molecule has 0 aliphatic heterocycles. The largest absolute Gasteiger partial charge is 0.350 e. The summed E-state index contributed by atoms with van der Waals surface area (Å²) in [5, 5.41) is 4.18. The standard InChI is InChI=1S/C15H28BrNO/c1-12(14(2,3)4)10-13(18)17-15(11-16)8-6-5-7-9-15/h12H,5-11H2,1-4H3,(H,17,18). The number of carbonyl (C=O) groups excluding carboxylic acids is 1. The Hall–Kier alpha value is -0.0500. The first-order valence-electron chi connectivity index (χ1n) is 7.16. The summed E-state index contributed by atoms with van der Waals surface area (Å²) in [4.78, 5) is 12.2. The van der Waals surface area contributed by atoms with Crippen LogP contribution in [0.5, 0.6) is 0 Å². The summed E-state index contributed by atoms with van der Waals surface area (Å²) in [7, 11) is 0. The number of halogens is 1. The van der Waals surface area contributed by atoms with E-state index >= 15 is 0 Å². The van der Waals surface area contributed by atoms with Gasteiger partial charge in [-0.05, 0) is 24.2 Å². The third-order valence-electron chi connectivity index (χ3n) is 4.44. The number of amides is 1. The fraction of sp³-hybridized carbons (Fsp3) is 0.933. The summed E-state index contributed by atoms with van der Waals surface area (Å²) in [6.45, 7) is 8.77. The van der Waals surface area contributed by atoms with Gasteiger partial charge in [0.25, 0.3) is 0 Å². The Morgan fingerprint density at radius 2 is 1.83 bits per heavy atom. The van der Waals surface area contributed by atoms with E-state index in [9.17, 15) is 4.79 Å². The molecule has 2 nitrogen and oxygen atoms in total. The highest BCUT2D eigenvalue weighted by molar-refractivity contribution is 9.09. The predicted molar refractivity (Wildman–Crippen MR) is 81.0 cm³/mol. The minimum Gasteiger partial charge on any atom is -0.350 e. The lowest BCUT2D eigenvalue weighted by Crippen LogP contribution is -2.51. The quantitative estimate of drug-likeness (QED) is 0.771. The molecule has 18 heavy (non-hydrogen) atoms. The lowest BCUT2D eigenvalue weighted by molar-refractivity contribution is -0.124. The molecule has 0 aromatic heterocycles. The van der Waals surface area contributed by atoms with Gasteiger partial charge in [-0.3, -0.25) is 4.79 Å². The van der Waals surface area contributed by atoms with Gasteiger partial charge >= 0.3 is 0 Å². The van der Waals surface area contributed by atoms with Crippen LogP contribution >= 0.6 is 15.9 Å². The van der Waals surface area contributed by atoms with Crippen LogP contribution in [0.3, 0.4) is 0 Å². The fourth-order valence-electron chi connectivity index (χ4n) is 2.45. The summed E-state index contributed by atoms with van der Waals surface area (Å²) in [5.74, 6) is 0.632. The third-order valence-corrected chi connectivity index (χ3v) is 5.51. The first-order valence-corrected chi connectivity index (χ1v) is 8.28. The van der Waals surface area contributed by atoms with Gasteiger partial charge in [-0.1, -0.05) is 62.9 Å². The molecule has 0 heterocycles. The Labute approximate surface area is 120 Å². The van der Waals surface area contributed by atoms with E-state index in [-0.39, 0.29) is 16.9 Å². The Morgan fingerprint density at radius 1 is 1.28 bits per heavy atom. The van der Waals surface area contributed by atoms with Crippen LogP contribution in [0.25, 0.3) is 0 Å². The van der Waals surface area contributed by atoms with Crippen molar-refractivity contribution in [3.63, 3.8) is 0 Å². The minimum atomic E-state index is 0.0208. The average molecular weight is 318 g/mol. The highest BCUT2D eigenvalue weighted by atomic mass is 79.9. The van der Waals surface area contributed by atoms with Gasteiger partial charge in [0.1, 0.15) is 0 Å². The van der Waals surface area contributed by atoms with Crippen LogP contribution < -0.4 is 5.32 Å². The maximum absolute atomic E-state index is 12.2. The molecule has 0 aromatic carbocycles. The van der Waals surface area contributed by atoms with E-state index in [1.54, 1.807) is 0 Å². The topological polar surface area (TPSA) is 29.1 Å². The maximum atomic E-state index is 12.2. The van der Waals surface area contributed by atoms with Gasteiger partial charge in [0.2, 0.25) is 5.91 Å². The van der Waals surface area contributed by atoms with Crippen molar-refractivity contribution in [1.29, 1.82) is 0 Å². The van der Waals surface area contributed by atoms with E-state index in [1.807, 2.05) is 0 Å².